The molecule has 0 saturated heterocycles. The van der Waals surface area contributed by atoms with Crippen LogP contribution >= 0.6 is 11.8 Å². The van der Waals surface area contributed by atoms with Crippen LogP contribution in [0.25, 0.3) is 0 Å². The largest absolute Gasteiger partial charge is 0.398 e. The van der Waals surface area contributed by atoms with Gasteiger partial charge in [0.15, 0.2) is 0 Å². The van der Waals surface area contributed by atoms with E-state index in [1.807, 2.05) is 18.2 Å². The molecule has 0 spiro atoms. The van der Waals surface area contributed by atoms with Gasteiger partial charge in [-0.3, -0.25) is 4.79 Å². The van der Waals surface area contributed by atoms with E-state index in [9.17, 15) is 4.79 Å². The number of anilines is 1. The van der Waals surface area contributed by atoms with Gasteiger partial charge in [-0.1, -0.05) is 17.8 Å². The van der Waals surface area contributed by atoms with Crippen LogP contribution in [0.3, 0.4) is 0 Å². The van der Waals surface area contributed by atoms with Crippen LogP contribution in [0.2, 0.25) is 0 Å². The molecule has 1 heterocycles. The standard InChI is InChI=1S/C13H13N3OS/c1-15-13(17)9-5-6-10(14)11(8-9)18-12-4-2-3-7-16-12/h2-8H,14H2,1H3,(H,15,17). The quantitative estimate of drug-likeness (QED) is 0.829. The van der Waals surface area contributed by atoms with Crippen molar-refractivity contribution >= 4 is 23.4 Å². The van der Waals surface area contributed by atoms with E-state index in [4.69, 9.17) is 5.73 Å². The molecule has 3 N–H and O–H groups in total. The molecule has 0 unspecified atom stereocenters. The molecule has 0 aliphatic rings. The Kier molecular flexibility index (Phi) is 3.84. The van der Waals surface area contributed by atoms with Gasteiger partial charge in [0.25, 0.3) is 5.91 Å². The SMILES string of the molecule is CNC(=O)c1ccc(N)c(Sc2ccccn2)c1. The van der Waals surface area contributed by atoms with Crippen molar-refractivity contribution in [1.82, 2.24) is 10.3 Å². The van der Waals surface area contributed by atoms with Gasteiger partial charge in [0.2, 0.25) is 0 Å². The minimum atomic E-state index is -0.127. The van der Waals surface area contributed by atoms with E-state index in [1.54, 1.807) is 31.4 Å². The van der Waals surface area contributed by atoms with Crippen LogP contribution in [0.1, 0.15) is 10.4 Å². The number of hydrogen-bond donors (Lipinski definition) is 2. The average molecular weight is 259 g/mol. The van der Waals surface area contributed by atoms with Crippen LogP contribution in [0.15, 0.2) is 52.5 Å². The first kappa shape index (κ1) is 12.4. The molecule has 2 aromatic rings. The van der Waals surface area contributed by atoms with Gasteiger partial charge in [0.1, 0.15) is 5.03 Å². The summed E-state index contributed by atoms with van der Waals surface area (Å²) in [6.07, 6.45) is 1.72. The van der Waals surface area contributed by atoms with Crippen molar-refractivity contribution in [2.24, 2.45) is 0 Å². The molecule has 18 heavy (non-hydrogen) atoms. The maximum absolute atomic E-state index is 11.6. The molecule has 0 atom stereocenters. The van der Waals surface area contributed by atoms with Crippen molar-refractivity contribution in [2.45, 2.75) is 9.92 Å². The Balaban J connectivity index is 2.30. The molecule has 1 aromatic carbocycles. The van der Waals surface area contributed by atoms with Crippen molar-refractivity contribution < 1.29 is 4.79 Å². The number of rotatable bonds is 3. The number of carbonyl (C=O) groups excluding carboxylic acids is 1. The number of nitrogen functional groups attached to an aromatic ring is 1. The molecule has 0 saturated carbocycles. The van der Waals surface area contributed by atoms with Crippen molar-refractivity contribution in [3.05, 3.63) is 48.2 Å². The molecule has 1 aromatic heterocycles. The monoisotopic (exact) mass is 259 g/mol. The zero-order valence-corrected chi connectivity index (χ0v) is 10.7. The van der Waals surface area contributed by atoms with Crippen LogP contribution < -0.4 is 11.1 Å². The Morgan fingerprint density at radius 1 is 1.33 bits per heavy atom. The van der Waals surface area contributed by atoms with Crippen molar-refractivity contribution in [3.63, 3.8) is 0 Å². The van der Waals surface area contributed by atoms with Gasteiger partial charge in [0, 0.05) is 29.4 Å². The zero-order valence-electron chi connectivity index (χ0n) is 9.88. The normalized spacial score (nSPS) is 10.1. The van der Waals surface area contributed by atoms with Crippen molar-refractivity contribution in [3.8, 4) is 0 Å². The molecule has 1 amide bonds. The number of nitrogens with two attached hydrogens (primary N) is 1. The summed E-state index contributed by atoms with van der Waals surface area (Å²) in [4.78, 5) is 16.6. The van der Waals surface area contributed by atoms with Gasteiger partial charge in [-0.05, 0) is 30.3 Å². The number of aromatic nitrogens is 1. The first-order valence-corrected chi connectivity index (χ1v) is 6.23. The average Bonchev–Trinajstić information content (AvgIpc) is 2.41. The number of nitrogens with one attached hydrogen (secondary N) is 1. The Labute approximate surface area is 110 Å². The molecule has 4 nitrogen and oxygen atoms in total. The van der Waals surface area contributed by atoms with Gasteiger partial charge in [-0.25, -0.2) is 4.98 Å². The lowest BCUT2D eigenvalue weighted by Crippen LogP contribution is -2.17. The number of carbonyl (C=O) groups is 1. The second-order valence-corrected chi connectivity index (χ2v) is 4.66. The molecule has 2 rings (SSSR count). The lowest BCUT2D eigenvalue weighted by atomic mass is 10.2. The number of benzene rings is 1. The van der Waals surface area contributed by atoms with Crippen LogP contribution in [-0.2, 0) is 0 Å². The fourth-order valence-electron chi connectivity index (χ4n) is 1.43. The summed E-state index contributed by atoms with van der Waals surface area (Å²) in [6.45, 7) is 0. The topological polar surface area (TPSA) is 68.0 Å². The fraction of sp³-hybridized carbons (Fsp3) is 0.0769. The van der Waals surface area contributed by atoms with Crippen LogP contribution in [-0.4, -0.2) is 17.9 Å². The van der Waals surface area contributed by atoms with Gasteiger partial charge in [-0.15, -0.1) is 0 Å². The van der Waals surface area contributed by atoms with Gasteiger partial charge < -0.3 is 11.1 Å². The molecular weight excluding hydrogens is 246 g/mol. The van der Waals surface area contributed by atoms with Crippen LogP contribution in [0.5, 0.6) is 0 Å². The van der Waals surface area contributed by atoms with E-state index in [2.05, 4.69) is 10.3 Å². The Bertz CT molecular complexity index is 557. The minimum Gasteiger partial charge on any atom is -0.398 e. The lowest BCUT2D eigenvalue weighted by molar-refractivity contribution is 0.0963. The molecule has 0 radical (unpaired) electrons. The van der Waals surface area contributed by atoms with Crippen molar-refractivity contribution in [1.29, 1.82) is 0 Å². The fourth-order valence-corrected chi connectivity index (χ4v) is 2.29. The summed E-state index contributed by atoms with van der Waals surface area (Å²) < 4.78 is 0. The van der Waals surface area contributed by atoms with Gasteiger partial charge in [-0.2, -0.15) is 0 Å². The van der Waals surface area contributed by atoms with E-state index >= 15 is 0 Å². The Morgan fingerprint density at radius 3 is 2.83 bits per heavy atom. The molecule has 0 aliphatic heterocycles. The number of hydrogen-bond acceptors (Lipinski definition) is 4. The van der Waals surface area contributed by atoms with E-state index in [1.165, 1.54) is 11.8 Å². The molecule has 5 heteroatoms. The zero-order chi connectivity index (χ0) is 13.0. The van der Waals surface area contributed by atoms with Gasteiger partial charge in [0.05, 0.1) is 0 Å². The third kappa shape index (κ3) is 2.81. The maximum atomic E-state index is 11.6. The maximum Gasteiger partial charge on any atom is 0.251 e. The molecule has 92 valence electrons. The highest BCUT2D eigenvalue weighted by Crippen LogP contribution is 2.31. The smallest absolute Gasteiger partial charge is 0.251 e. The molecular formula is C13H13N3OS. The predicted octanol–water partition coefficient (Wildman–Crippen LogP) is 2.17. The second kappa shape index (κ2) is 5.55. The lowest BCUT2D eigenvalue weighted by Gasteiger charge is -2.07. The van der Waals surface area contributed by atoms with Crippen LogP contribution in [0, 0.1) is 0 Å². The van der Waals surface area contributed by atoms with E-state index in [0.717, 1.165) is 9.92 Å². The van der Waals surface area contributed by atoms with E-state index in [0.29, 0.717) is 11.3 Å². The third-order valence-corrected chi connectivity index (χ3v) is 3.38. The summed E-state index contributed by atoms with van der Waals surface area (Å²) in [7, 11) is 1.60. The number of nitrogens with zero attached hydrogens (tertiary/aromatic N) is 1. The second-order valence-electron chi connectivity index (χ2n) is 3.60. The molecule has 0 bridgehead atoms. The summed E-state index contributed by atoms with van der Waals surface area (Å²) in [5.74, 6) is -0.127. The summed E-state index contributed by atoms with van der Waals surface area (Å²) in [5, 5.41) is 3.43. The first-order chi connectivity index (χ1) is 8.70. The first-order valence-electron chi connectivity index (χ1n) is 5.41. The molecule has 0 fully saturated rings. The van der Waals surface area contributed by atoms with E-state index < -0.39 is 0 Å². The number of pyridine rings is 1. The predicted molar refractivity (Wildman–Crippen MR) is 72.6 cm³/mol. The highest BCUT2D eigenvalue weighted by molar-refractivity contribution is 7.99. The molecule has 0 aliphatic carbocycles. The van der Waals surface area contributed by atoms with Gasteiger partial charge >= 0.3 is 0 Å². The summed E-state index contributed by atoms with van der Waals surface area (Å²) >= 11 is 1.44. The van der Waals surface area contributed by atoms with Crippen LogP contribution in [0.4, 0.5) is 5.69 Å². The van der Waals surface area contributed by atoms with E-state index in [-0.39, 0.29) is 5.91 Å². The minimum absolute atomic E-state index is 0.127. The summed E-state index contributed by atoms with van der Waals surface area (Å²) in [5.41, 5.74) is 7.12. The van der Waals surface area contributed by atoms with Crippen molar-refractivity contribution in [2.75, 3.05) is 12.8 Å². The Hall–Kier alpha value is -2.01. The summed E-state index contributed by atoms with van der Waals surface area (Å²) in [6, 6.07) is 10.9. The highest BCUT2D eigenvalue weighted by atomic mass is 32.2. The third-order valence-electron chi connectivity index (χ3n) is 2.36. The highest BCUT2D eigenvalue weighted by Gasteiger charge is 2.08. The number of amides is 1. The Morgan fingerprint density at radius 2 is 2.17 bits per heavy atom.